The van der Waals surface area contributed by atoms with Crippen molar-refractivity contribution < 1.29 is 38.7 Å². The van der Waals surface area contributed by atoms with Crippen molar-refractivity contribution in [3.05, 3.63) is 59.7 Å². The fourth-order valence-corrected chi connectivity index (χ4v) is 2.16. The maximum absolute atomic E-state index is 11.9. The van der Waals surface area contributed by atoms with Crippen LogP contribution in [0.3, 0.4) is 0 Å². The SMILES string of the molecule is CC.COc1cc(C(=O)OC/C=C/COC(=O)c2ccc(O)c(OC)c2)ccc1O. The zero-order valence-electron chi connectivity index (χ0n) is 17.4. The Kier molecular flexibility index (Phi) is 10.3. The van der Waals surface area contributed by atoms with Gasteiger partial charge in [0.15, 0.2) is 23.0 Å². The number of hydrogen-bond donors (Lipinski definition) is 2. The van der Waals surface area contributed by atoms with E-state index in [1.165, 1.54) is 62.8 Å². The van der Waals surface area contributed by atoms with E-state index >= 15 is 0 Å². The summed E-state index contributed by atoms with van der Waals surface area (Å²) in [5.74, 6) is -0.989. The number of phenolic OH excluding ortho intramolecular Hbond substituents is 2. The fourth-order valence-electron chi connectivity index (χ4n) is 2.16. The maximum atomic E-state index is 11.9. The van der Waals surface area contributed by atoms with Crippen LogP contribution in [0.15, 0.2) is 48.6 Å². The number of carbonyl (C=O) groups excluding carboxylic acids is 2. The summed E-state index contributed by atoms with van der Waals surface area (Å²) in [6.07, 6.45) is 3.06. The van der Waals surface area contributed by atoms with Gasteiger partial charge in [-0.3, -0.25) is 0 Å². The summed E-state index contributed by atoms with van der Waals surface area (Å²) in [6, 6.07) is 8.24. The molecule has 2 rings (SSSR count). The summed E-state index contributed by atoms with van der Waals surface area (Å²) >= 11 is 0. The molecule has 0 amide bonds. The average Bonchev–Trinajstić information content (AvgIpc) is 2.77. The first-order valence-electron chi connectivity index (χ1n) is 9.19. The molecule has 0 bridgehead atoms. The highest BCUT2D eigenvalue weighted by atomic mass is 16.5. The zero-order valence-corrected chi connectivity index (χ0v) is 17.4. The molecule has 30 heavy (non-hydrogen) atoms. The van der Waals surface area contributed by atoms with E-state index in [0.29, 0.717) is 0 Å². The van der Waals surface area contributed by atoms with Crippen molar-refractivity contribution in [3.63, 3.8) is 0 Å². The van der Waals surface area contributed by atoms with E-state index in [9.17, 15) is 19.8 Å². The summed E-state index contributed by atoms with van der Waals surface area (Å²) in [6.45, 7) is 3.96. The van der Waals surface area contributed by atoms with E-state index in [1.807, 2.05) is 13.8 Å². The molecule has 162 valence electrons. The molecule has 0 heterocycles. The van der Waals surface area contributed by atoms with Crippen LogP contribution < -0.4 is 9.47 Å². The number of aromatic hydroxyl groups is 2. The Bertz CT molecular complexity index is 802. The van der Waals surface area contributed by atoms with Crippen LogP contribution in [-0.2, 0) is 9.47 Å². The summed E-state index contributed by atoms with van der Waals surface area (Å²) < 4.78 is 20.0. The number of hydrogen-bond acceptors (Lipinski definition) is 8. The lowest BCUT2D eigenvalue weighted by Gasteiger charge is -2.07. The van der Waals surface area contributed by atoms with E-state index in [-0.39, 0.29) is 47.3 Å². The summed E-state index contributed by atoms with van der Waals surface area (Å²) in [4.78, 5) is 23.9. The van der Waals surface area contributed by atoms with Crippen molar-refractivity contribution in [2.75, 3.05) is 27.4 Å². The second kappa shape index (κ2) is 12.7. The number of benzene rings is 2. The predicted molar refractivity (Wildman–Crippen MR) is 110 cm³/mol. The van der Waals surface area contributed by atoms with Crippen molar-refractivity contribution in [1.29, 1.82) is 0 Å². The molecule has 0 aromatic heterocycles. The van der Waals surface area contributed by atoms with Crippen LogP contribution in [0.2, 0.25) is 0 Å². The number of rotatable bonds is 8. The smallest absolute Gasteiger partial charge is 0.338 e. The van der Waals surface area contributed by atoms with Gasteiger partial charge in [-0.05, 0) is 48.6 Å². The third-order valence-corrected chi connectivity index (χ3v) is 3.62. The van der Waals surface area contributed by atoms with Crippen molar-refractivity contribution >= 4 is 11.9 Å². The third kappa shape index (κ3) is 7.05. The van der Waals surface area contributed by atoms with Crippen molar-refractivity contribution in [2.24, 2.45) is 0 Å². The molecule has 2 N–H and O–H groups in total. The topological polar surface area (TPSA) is 112 Å². The molecular weight excluding hydrogens is 392 g/mol. The van der Waals surface area contributed by atoms with Crippen molar-refractivity contribution in [2.45, 2.75) is 13.8 Å². The fraction of sp³-hybridized carbons (Fsp3) is 0.273. The lowest BCUT2D eigenvalue weighted by Crippen LogP contribution is -2.07. The van der Waals surface area contributed by atoms with Gasteiger partial charge in [-0.15, -0.1) is 0 Å². The largest absolute Gasteiger partial charge is 0.504 e. The van der Waals surface area contributed by atoms with E-state index in [1.54, 1.807) is 0 Å². The van der Waals surface area contributed by atoms with Crippen molar-refractivity contribution in [1.82, 2.24) is 0 Å². The first-order chi connectivity index (χ1) is 14.5. The molecule has 0 saturated carbocycles. The van der Waals surface area contributed by atoms with Crippen LogP contribution in [0.4, 0.5) is 0 Å². The van der Waals surface area contributed by atoms with Gasteiger partial charge >= 0.3 is 11.9 Å². The second-order valence-corrected chi connectivity index (χ2v) is 5.44. The molecule has 8 heteroatoms. The van der Waals surface area contributed by atoms with Crippen LogP contribution in [0.1, 0.15) is 34.6 Å². The van der Waals surface area contributed by atoms with Crippen LogP contribution in [0, 0.1) is 0 Å². The number of phenols is 2. The molecule has 0 unspecified atom stereocenters. The molecule has 0 aliphatic carbocycles. The van der Waals surface area contributed by atoms with Gasteiger partial charge in [0.2, 0.25) is 0 Å². The summed E-state index contributed by atoms with van der Waals surface area (Å²) in [5, 5.41) is 19.0. The van der Waals surface area contributed by atoms with Crippen LogP contribution >= 0.6 is 0 Å². The van der Waals surface area contributed by atoms with Crippen molar-refractivity contribution in [3.8, 4) is 23.0 Å². The minimum atomic E-state index is -0.587. The normalized spacial score (nSPS) is 10.0. The number of methoxy groups -OCH3 is 2. The average molecular weight is 418 g/mol. The van der Waals surface area contributed by atoms with Gasteiger partial charge < -0.3 is 29.2 Å². The number of carbonyl (C=O) groups is 2. The molecule has 0 atom stereocenters. The third-order valence-electron chi connectivity index (χ3n) is 3.62. The molecule has 0 aliphatic rings. The van der Waals surface area contributed by atoms with E-state index < -0.39 is 11.9 Å². The molecule has 2 aromatic rings. The van der Waals surface area contributed by atoms with Gasteiger partial charge in [-0.25, -0.2) is 9.59 Å². The van der Waals surface area contributed by atoms with Crippen LogP contribution in [0.5, 0.6) is 23.0 Å². The lowest BCUT2D eigenvalue weighted by atomic mass is 10.2. The minimum absolute atomic E-state index is 0.0212. The van der Waals surface area contributed by atoms with Gasteiger partial charge in [0.1, 0.15) is 13.2 Å². The number of ether oxygens (including phenoxy) is 4. The molecule has 0 aliphatic heterocycles. The molecule has 0 saturated heterocycles. The van der Waals surface area contributed by atoms with E-state index in [4.69, 9.17) is 18.9 Å². The van der Waals surface area contributed by atoms with Gasteiger partial charge in [0, 0.05) is 0 Å². The highest BCUT2D eigenvalue weighted by Gasteiger charge is 2.11. The standard InChI is InChI=1S/C20H20O8.C2H6/c1-25-17-11-13(5-7-15(17)21)19(23)27-9-3-4-10-28-20(24)14-6-8-16(22)18(12-14)26-2;1-2/h3-8,11-12,21-22H,9-10H2,1-2H3;1-2H3/b4-3+;. The zero-order chi connectivity index (χ0) is 22.5. The summed E-state index contributed by atoms with van der Waals surface area (Å²) in [5.41, 5.74) is 0.464. The van der Waals surface area contributed by atoms with E-state index in [2.05, 4.69) is 0 Å². The Morgan fingerprint density at radius 3 is 1.47 bits per heavy atom. The van der Waals surface area contributed by atoms with Crippen LogP contribution in [0.25, 0.3) is 0 Å². The molecule has 0 fully saturated rings. The second-order valence-electron chi connectivity index (χ2n) is 5.44. The van der Waals surface area contributed by atoms with Crippen LogP contribution in [-0.4, -0.2) is 49.6 Å². The highest BCUT2D eigenvalue weighted by Crippen LogP contribution is 2.27. The van der Waals surface area contributed by atoms with Gasteiger partial charge in [0.25, 0.3) is 0 Å². The Morgan fingerprint density at radius 2 is 1.13 bits per heavy atom. The first kappa shape index (κ1) is 24.4. The highest BCUT2D eigenvalue weighted by molar-refractivity contribution is 5.90. The molecule has 0 radical (unpaired) electrons. The Balaban J connectivity index is 0.00000218. The minimum Gasteiger partial charge on any atom is -0.504 e. The molecule has 2 aromatic carbocycles. The number of esters is 2. The predicted octanol–water partition coefficient (Wildman–Crippen LogP) is 3.71. The van der Waals surface area contributed by atoms with Gasteiger partial charge in [0.05, 0.1) is 25.3 Å². The summed E-state index contributed by atoms with van der Waals surface area (Å²) in [7, 11) is 2.75. The quantitative estimate of drug-likeness (QED) is 0.493. The first-order valence-corrected chi connectivity index (χ1v) is 9.19. The molecule has 0 spiro atoms. The Hall–Kier alpha value is -3.68. The monoisotopic (exact) mass is 418 g/mol. The Morgan fingerprint density at radius 1 is 0.767 bits per heavy atom. The molecular formula is C22H26O8. The van der Waals surface area contributed by atoms with Gasteiger partial charge in [-0.1, -0.05) is 13.8 Å². The van der Waals surface area contributed by atoms with Gasteiger partial charge in [-0.2, -0.15) is 0 Å². The Labute approximate surface area is 175 Å². The maximum Gasteiger partial charge on any atom is 0.338 e. The van der Waals surface area contributed by atoms with E-state index in [0.717, 1.165) is 0 Å². The molecule has 8 nitrogen and oxygen atoms in total. The lowest BCUT2D eigenvalue weighted by molar-refractivity contribution is 0.0527.